The van der Waals surface area contributed by atoms with Crippen LogP contribution in [0.5, 0.6) is 5.75 Å². The molecule has 5 nitrogen and oxygen atoms in total. The fraction of sp³-hybridized carbons (Fsp3) is 0.231. The smallest absolute Gasteiger partial charge is 0.262 e. The van der Waals surface area contributed by atoms with Gasteiger partial charge in [0.15, 0.2) is 18.2 Å². The van der Waals surface area contributed by atoms with Crippen LogP contribution in [0.25, 0.3) is 0 Å². The molecule has 0 aliphatic heterocycles. The molecule has 0 spiro atoms. The lowest BCUT2D eigenvalue weighted by Crippen LogP contribution is -2.21. The van der Waals surface area contributed by atoms with Crippen molar-refractivity contribution in [1.29, 1.82) is 0 Å². The zero-order chi connectivity index (χ0) is 14.7. The number of aromatic amines is 1. The van der Waals surface area contributed by atoms with Gasteiger partial charge in [-0.3, -0.25) is 9.89 Å². The Morgan fingerprint density at radius 1 is 1.40 bits per heavy atom. The van der Waals surface area contributed by atoms with Crippen molar-refractivity contribution in [1.82, 2.24) is 10.2 Å². The van der Waals surface area contributed by atoms with Crippen LogP contribution in [0.15, 0.2) is 18.2 Å². The standard InChI is InChI=1S/C13H13F2N3O2/c1-7-13(8(2)18-17-7)16-12(19)6-20-11-4-3-9(14)5-10(11)15/h3-5H,6H2,1-2H3,(H,16,19)(H,17,18). The van der Waals surface area contributed by atoms with Crippen LogP contribution < -0.4 is 10.1 Å². The maximum absolute atomic E-state index is 13.3. The molecule has 106 valence electrons. The van der Waals surface area contributed by atoms with Crippen molar-refractivity contribution in [3.63, 3.8) is 0 Å². The van der Waals surface area contributed by atoms with Gasteiger partial charge in [-0.15, -0.1) is 0 Å². The van der Waals surface area contributed by atoms with Gasteiger partial charge in [-0.25, -0.2) is 8.78 Å². The van der Waals surface area contributed by atoms with Crippen molar-refractivity contribution in [3.8, 4) is 5.75 Å². The number of nitrogens with one attached hydrogen (secondary N) is 2. The molecule has 2 N–H and O–H groups in total. The molecule has 0 fully saturated rings. The van der Waals surface area contributed by atoms with Gasteiger partial charge in [0.1, 0.15) is 5.82 Å². The first-order chi connectivity index (χ1) is 9.47. The highest BCUT2D eigenvalue weighted by Gasteiger charge is 2.12. The van der Waals surface area contributed by atoms with Gasteiger partial charge in [0.05, 0.1) is 17.1 Å². The van der Waals surface area contributed by atoms with Gasteiger partial charge in [0, 0.05) is 6.07 Å². The second-order valence-electron chi connectivity index (χ2n) is 4.22. The summed E-state index contributed by atoms with van der Waals surface area (Å²) in [5, 5.41) is 9.26. The Morgan fingerprint density at radius 2 is 2.15 bits per heavy atom. The first kappa shape index (κ1) is 14.0. The van der Waals surface area contributed by atoms with Gasteiger partial charge < -0.3 is 10.1 Å². The number of anilines is 1. The van der Waals surface area contributed by atoms with Gasteiger partial charge in [-0.05, 0) is 26.0 Å². The summed E-state index contributed by atoms with van der Waals surface area (Å²) in [4.78, 5) is 11.7. The highest BCUT2D eigenvalue weighted by Crippen LogP contribution is 2.18. The zero-order valence-corrected chi connectivity index (χ0v) is 11.0. The van der Waals surface area contributed by atoms with Crippen LogP contribution >= 0.6 is 0 Å². The van der Waals surface area contributed by atoms with E-state index in [1.165, 1.54) is 0 Å². The van der Waals surface area contributed by atoms with E-state index in [0.717, 1.165) is 12.1 Å². The van der Waals surface area contributed by atoms with Crippen molar-refractivity contribution in [2.75, 3.05) is 11.9 Å². The molecule has 0 aliphatic rings. The normalized spacial score (nSPS) is 10.4. The maximum Gasteiger partial charge on any atom is 0.262 e. The van der Waals surface area contributed by atoms with Gasteiger partial charge in [0.25, 0.3) is 5.91 Å². The third kappa shape index (κ3) is 3.11. The van der Waals surface area contributed by atoms with E-state index < -0.39 is 17.5 Å². The molecule has 1 amide bonds. The Labute approximate surface area is 114 Å². The summed E-state index contributed by atoms with van der Waals surface area (Å²) in [5.74, 6) is -2.19. The Balaban J connectivity index is 1.96. The summed E-state index contributed by atoms with van der Waals surface area (Å²) in [5.41, 5.74) is 1.92. The summed E-state index contributed by atoms with van der Waals surface area (Å²) < 4.78 is 31.0. The number of carbonyl (C=O) groups excluding carboxylic acids is 1. The number of benzene rings is 1. The maximum atomic E-state index is 13.3. The van der Waals surface area contributed by atoms with Crippen molar-refractivity contribution < 1.29 is 18.3 Å². The van der Waals surface area contributed by atoms with E-state index in [0.29, 0.717) is 23.1 Å². The van der Waals surface area contributed by atoms with E-state index >= 15 is 0 Å². The first-order valence-electron chi connectivity index (χ1n) is 5.86. The van der Waals surface area contributed by atoms with Crippen molar-refractivity contribution in [2.45, 2.75) is 13.8 Å². The minimum Gasteiger partial charge on any atom is -0.481 e. The summed E-state index contributed by atoms with van der Waals surface area (Å²) >= 11 is 0. The summed E-state index contributed by atoms with van der Waals surface area (Å²) in [7, 11) is 0. The lowest BCUT2D eigenvalue weighted by atomic mass is 10.3. The first-order valence-corrected chi connectivity index (χ1v) is 5.86. The van der Waals surface area contributed by atoms with Crippen LogP contribution in [0.2, 0.25) is 0 Å². The fourth-order valence-corrected chi connectivity index (χ4v) is 1.65. The van der Waals surface area contributed by atoms with E-state index in [9.17, 15) is 13.6 Å². The third-order valence-corrected chi connectivity index (χ3v) is 2.65. The van der Waals surface area contributed by atoms with E-state index in [2.05, 4.69) is 15.5 Å². The molecule has 2 rings (SSSR count). The number of halogens is 2. The van der Waals surface area contributed by atoms with E-state index in [1.807, 2.05) is 0 Å². The number of carbonyl (C=O) groups is 1. The summed E-state index contributed by atoms with van der Waals surface area (Å²) in [6.07, 6.45) is 0. The molecule has 1 heterocycles. The largest absolute Gasteiger partial charge is 0.481 e. The number of ether oxygens (including phenoxy) is 1. The van der Waals surface area contributed by atoms with E-state index in [1.54, 1.807) is 13.8 Å². The average molecular weight is 281 g/mol. The highest BCUT2D eigenvalue weighted by atomic mass is 19.1. The van der Waals surface area contributed by atoms with Crippen LogP contribution in [0.1, 0.15) is 11.4 Å². The number of hydrogen-bond acceptors (Lipinski definition) is 3. The molecule has 0 aliphatic carbocycles. The Kier molecular flexibility index (Phi) is 3.97. The number of hydrogen-bond donors (Lipinski definition) is 2. The number of aromatic nitrogens is 2. The average Bonchev–Trinajstić information content (AvgIpc) is 2.69. The topological polar surface area (TPSA) is 67.0 Å². The predicted octanol–water partition coefficient (Wildman–Crippen LogP) is 2.32. The van der Waals surface area contributed by atoms with Gasteiger partial charge in [0.2, 0.25) is 0 Å². The molecular formula is C13H13F2N3O2. The monoisotopic (exact) mass is 281 g/mol. The SMILES string of the molecule is Cc1n[nH]c(C)c1NC(=O)COc1ccc(F)cc1F. The second-order valence-corrected chi connectivity index (χ2v) is 4.22. The Morgan fingerprint density at radius 3 is 2.75 bits per heavy atom. The number of amides is 1. The molecule has 0 atom stereocenters. The number of rotatable bonds is 4. The van der Waals surface area contributed by atoms with Crippen LogP contribution in [0.3, 0.4) is 0 Å². The molecule has 7 heteroatoms. The van der Waals surface area contributed by atoms with Gasteiger partial charge >= 0.3 is 0 Å². The highest BCUT2D eigenvalue weighted by molar-refractivity contribution is 5.92. The van der Waals surface area contributed by atoms with Gasteiger partial charge in [-0.2, -0.15) is 5.10 Å². The Hall–Kier alpha value is -2.44. The third-order valence-electron chi connectivity index (χ3n) is 2.65. The molecule has 0 radical (unpaired) electrons. The van der Waals surface area contributed by atoms with Crippen LogP contribution in [-0.2, 0) is 4.79 Å². The Bertz CT molecular complexity index is 621. The minimum absolute atomic E-state index is 0.179. The van der Waals surface area contributed by atoms with Crippen molar-refractivity contribution in [2.24, 2.45) is 0 Å². The lowest BCUT2D eigenvalue weighted by Gasteiger charge is -2.08. The van der Waals surface area contributed by atoms with Gasteiger partial charge in [-0.1, -0.05) is 0 Å². The molecule has 0 bridgehead atoms. The molecule has 2 aromatic rings. The number of aryl methyl sites for hydroxylation is 2. The molecule has 20 heavy (non-hydrogen) atoms. The second kappa shape index (κ2) is 5.68. The predicted molar refractivity (Wildman–Crippen MR) is 68.5 cm³/mol. The molecule has 0 unspecified atom stereocenters. The molecule has 0 saturated carbocycles. The quantitative estimate of drug-likeness (QED) is 0.903. The van der Waals surface area contributed by atoms with Crippen LogP contribution in [0.4, 0.5) is 14.5 Å². The van der Waals surface area contributed by atoms with E-state index in [4.69, 9.17) is 4.74 Å². The van der Waals surface area contributed by atoms with E-state index in [-0.39, 0.29) is 12.4 Å². The minimum atomic E-state index is -0.853. The van der Waals surface area contributed by atoms with Crippen molar-refractivity contribution in [3.05, 3.63) is 41.2 Å². The van der Waals surface area contributed by atoms with Crippen molar-refractivity contribution >= 4 is 11.6 Å². The number of nitrogens with zero attached hydrogens (tertiary/aromatic N) is 1. The molecule has 0 saturated heterocycles. The molecular weight excluding hydrogens is 268 g/mol. The van der Waals surface area contributed by atoms with Crippen LogP contribution in [-0.4, -0.2) is 22.7 Å². The zero-order valence-electron chi connectivity index (χ0n) is 11.0. The van der Waals surface area contributed by atoms with Crippen LogP contribution in [0, 0.1) is 25.5 Å². The fourth-order valence-electron chi connectivity index (χ4n) is 1.65. The lowest BCUT2D eigenvalue weighted by molar-refractivity contribution is -0.118. The summed E-state index contributed by atoms with van der Waals surface area (Å²) in [6, 6.07) is 2.88. The molecule has 1 aromatic carbocycles. The molecule has 1 aromatic heterocycles. The summed E-state index contributed by atoms with van der Waals surface area (Å²) in [6.45, 7) is 3.11. The number of H-pyrrole nitrogens is 1.